The van der Waals surface area contributed by atoms with Crippen LogP contribution >= 0.6 is 27.3 Å². The molecule has 2 heterocycles. The Labute approximate surface area is 156 Å². The second-order valence-electron chi connectivity index (χ2n) is 5.40. The molecule has 1 atom stereocenters. The molecule has 1 aromatic heterocycles. The highest BCUT2D eigenvalue weighted by atomic mass is 79.9. The van der Waals surface area contributed by atoms with Gasteiger partial charge < -0.3 is 9.47 Å². The second kappa shape index (κ2) is 6.85. The lowest BCUT2D eigenvalue weighted by atomic mass is 10.2. The van der Waals surface area contributed by atoms with Crippen molar-refractivity contribution in [1.29, 1.82) is 0 Å². The van der Waals surface area contributed by atoms with E-state index >= 15 is 0 Å². The van der Waals surface area contributed by atoms with Crippen molar-refractivity contribution in [3.63, 3.8) is 0 Å². The van der Waals surface area contributed by atoms with E-state index in [-0.39, 0.29) is 12.5 Å². The minimum atomic E-state index is -0.701. The van der Waals surface area contributed by atoms with Crippen LogP contribution < -0.4 is 14.8 Å². The third kappa shape index (κ3) is 3.52. The van der Waals surface area contributed by atoms with Crippen LogP contribution in [-0.2, 0) is 4.79 Å². The molecule has 1 amide bonds. The van der Waals surface area contributed by atoms with Gasteiger partial charge in [0.15, 0.2) is 16.6 Å². The molecule has 1 aliphatic heterocycles. The normalized spacial score (nSPS) is 15.6. The van der Waals surface area contributed by atoms with Gasteiger partial charge in [-0.15, -0.1) is 11.3 Å². The number of thiazole rings is 1. The number of hydrogen-bond donors (Lipinski definition) is 1. The molecule has 0 bridgehead atoms. The number of nitrogens with zero attached hydrogens (tertiary/aromatic N) is 1. The van der Waals surface area contributed by atoms with Crippen molar-refractivity contribution in [1.82, 2.24) is 4.98 Å². The van der Waals surface area contributed by atoms with Crippen molar-refractivity contribution in [2.45, 2.75) is 6.10 Å². The van der Waals surface area contributed by atoms with Gasteiger partial charge in [-0.25, -0.2) is 4.98 Å². The molecule has 7 heteroatoms. The van der Waals surface area contributed by atoms with Gasteiger partial charge in [-0.2, -0.15) is 0 Å². The zero-order chi connectivity index (χ0) is 17.2. The summed E-state index contributed by atoms with van der Waals surface area (Å²) >= 11 is 4.82. The van der Waals surface area contributed by atoms with E-state index < -0.39 is 6.10 Å². The molecule has 2 aromatic carbocycles. The van der Waals surface area contributed by atoms with Crippen molar-refractivity contribution in [3.05, 3.63) is 58.4 Å². The van der Waals surface area contributed by atoms with Gasteiger partial charge in [0.2, 0.25) is 6.10 Å². The summed E-state index contributed by atoms with van der Waals surface area (Å²) in [4.78, 5) is 16.9. The van der Waals surface area contributed by atoms with Gasteiger partial charge in [-0.3, -0.25) is 10.1 Å². The van der Waals surface area contributed by atoms with Crippen LogP contribution in [0.2, 0.25) is 0 Å². The predicted molar refractivity (Wildman–Crippen MR) is 100 cm³/mol. The standard InChI is InChI=1S/C18H13BrN2O3S/c19-12-5-3-4-11(8-12)13-10-25-18(20-13)21-17(22)16-9-23-14-6-1-2-7-15(14)24-16/h1-8,10,16H,9H2,(H,20,21,22). The number of amides is 1. The van der Waals surface area contributed by atoms with Crippen molar-refractivity contribution in [2.75, 3.05) is 11.9 Å². The Morgan fingerprint density at radius 2 is 2.04 bits per heavy atom. The Hall–Kier alpha value is -2.38. The molecule has 0 radical (unpaired) electrons. The van der Waals surface area contributed by atoms with E-state index in [1.54, 1.807) is 6.07 Å². The van der Waals surface area contributed by atoms with Crippen LogP contribution in [0.15, 0.2) is 58.4 Å². The first-order valence-electron chi connectivity index (χ1n) is 7.60. The lowest BCUT2D eigenvalue weighted by Crippen LogP contribution is -2.40. The average molecular weight is 417 g/mol. The summed E-state index contributed by atoms with van der Waals surface area (Å²) in [6.07, 6.45) is -0.701. The van der Waals surface area contributed by atoms with Gasteiger partial charge in [-0.1, -0.05) is 40.2 Å². The number of fused-ring (bicyclic) bond motifs is 1. The van der Waals surface area contributed by atoms with Crippen molar-refractivity contribution in [2.24, 2.45) is 0 Å². The number of aromatic nitrogens is 1. The molecular formula is C18H13BrN2O3S. The summed E-state index contributed by atoms with van der Waals surface area (Å²) in [6.45, 7) is 0.173. The summed E-state index contributed by atoms with van der Waals surface area (Å²) in [7, 11) is 0. The molecule has 0 saturated carbocycles. The molecule has 1 N–H and O–H groups in total. The van der Waals surface area contributed by atoms with Crippen molar-refractivity contribution < 1.29 is 14.3 Å². The number of halogens is 1. The number of para-hydroxylation sites is 2. The number of rotatable bonds is 3. The van der Waals surface area contributed by atoms with E-state index in [2.05, 4.69) is 26.2 Å². The van der Waals surface area contributed by atoms with E-state index in [1.165, 1.54) is 11.3 Å². The summed E-state index contributed by atoms with van der Waals surface area (Å²) in [5, 5.41) is 5.24. The maximum atomic E-state index is 12.4. The lowest BCUT2D eigenvalue weighted by molar-refractivity contribution is -0.125. The first kappa shape index (κ1) is 16.1. The average Bonchev–Trinajstić information content (AvgIpc) is 3.10. The van der Waals surface area contributed by atoms with Gasteiger partial charge in [0.1, 0.15) is 6.61 Å². The number of ether oxygens (including phenoxy) is 2. The Morgan fingerprint density at radius 1 is 1.20 bits per heavy atom. The molecule has 1 unspecified atom stereocenters. The van der Waals surface area contributed by atoms with Crippen LogP contribution in [0.4, 0.5) is 5.13 Å². The molecule has 0 aliphatic carbocycles. The summed E-state index contributed by atoms with van der Waals surface area (Å²) in [5.74, 6) is 0.949. The molecule has 25 heavy (non-hydrogen) atoms. The monoisotopic (exact) mass is 416 g/mol. The summed E-state index contributed by atoms with van der Waals surface area (Å²) in [6, 6.07) is 15.2. The highest BCUT2D eigenvalue weighted by Gasteiger charge is 2.27. The van der Waals surface area contributed by atoms with E-state index in [0.717, 1.165) is 15.7 Å². The summed E-state index contributed by atoms with van der Waals surface area (Å²) in [5.41, 5.74) is 1.80. The van der Waals surface area contributed by atoms with Gasteiger partial charge in [0, 0.05) is 15.4 Å². The zero-order valence-corrected chi connectivity index (χ0v) is 15.3. The number of anilines is 1. The number of carbonyl (C=O) groups excluding carboxylic acids is 1. The number of nitrogens with one attached hydrogen (secondary N) is 1. The zero-order valence-electron chi connectivity index (χ0n) is 12.9. The molecule has 0 fully saturated rings. The number of benzene rings is 2. The van der Waals surface area contributed by atoms with E-state index in [0.29, 0.717) is 16.6 Å². The van der Waals surface area contributed by atoms with E-state index in [4.69, 9.17) is 9.47 Å². The third-order valence-corrected chi connectivity index (χ3v) is 4.91. The Morgan fingerprint density at radius 3 is 2.88 bits per heavy atom. The second-order valence-corrected chi connectivity index (χ2v) is 7.18. The predicted octanol–water partition coefficient (Wildman–Crippen LogP) is 4.35. The SMILES string of the molecule is O=C(Nc1nc(-c2cccc(Br)c2)cs1)C1COc2ccccc2O1. The van der Waals surface area contributed by atoms with Gasteiger partial charge in [0.05, 0.1) is 5.69 Å². The quantitative estimate of drug-likeness (QED) is 0.689. The highest BCUT2D eigenvalue weighted by molar-refractivity contribution is 9.10. The fraction of sp³-hybridized carbons (Fsp3) is 0.111. The topological polar surface area (TPSA) is 60.5 Å². The largest absolute Gasteiger partial charge is 0.485 e. The van der Waals surface area contributed by atoms with E-state index in [1.807, 2.05) is 47.8 Å². The Kier molecular flexibility index (Phi) is 4.42. The van der Waals surface area contributed by atoms with Crippen LogP contribution in [0, 0.1) is 0 Å². The fourth-order valence-electron chi connectivity index (χ4n) is 2.45. The van der Waals surface area contributed by atoms with Crippen LogP contribution in [0.25, 0.3) is 11.3 Å². The van der Waals surface area contributed by atoms with Gasteiger partial charge in [0.25, 0.3) is 5.91 Å². The van der Waals surface area contributed by atoms with Crippen LogP contribution in [0.1, 0.15) is 0 Å². The smallest absolute Gasteiger partial charge is 0.270 e. The molecule has 0 saturated heterocycles. The fourth-order valence-corrected chi connectivity index (χ4v) is 3.57. The van der Waals surface area contributed by atoms with Gasteiger partial charge in [-0.05, 0) is 24.3 Å². The first-order valence-corrected chi connectivity index (χ1v) is 9.27. The molecule has 126 valence electrons. The highest BCUT2D eigenvalue weighted by Crippen LogP contribution is 2.31. The van der Waals surface area contributed by atoms with E-state index in [9.17, 15) is 4.79 Å². The van der Waals surface area contributed by atoms with Crippen molar-refractivity contribution >= 4 is 38.3 Å². The third-order valence-electron chi connectivity index (χ3n) is 3.66. The minimum absolute atomic E-state index is 0.173. The first-order chi connectivity index (χ1) is 12.2. The Balaban J connectivity index is 1.45. The number of carbonyl (C=O) groups is 1. The van der Waals surface area contributed by atoms with Crippen LogP contribution in [-0.4, -0.2) is 23.6 Å². The maximum Gasteiger partial charge on any atom is 0.270 e. The molecular weight excluding hydrogens is 404 g/mol. The Bertz CT molecular complexity index is 928. The maximum absolute atomic E-state index is 12.4. The molecule has 5 nitrogen and oxygen atoms in total. The van der Waals surface area contributed by atoms with Crippen LogP contribution in [0.5, 0.6) is 11.5 Å². The molecule has 3 aromatic rings. The van der Waals surface area contributed by atoms with Crippen LogP contribution in [0.3, 0.4) is 0 Å². The van der Waals surface area contributed by atoms with Crippen molar-refractivity contribution in [3.8, 4) is 22.8 Å². The molecule has 0 spiro atoms. The molecule has 4 rings (SSSR count). The minimum Gasteiger partial charge on any atom is -0.485 e. The lowest BCUT2D eigenvalue weighted by Gasteiger charge is -2.25. The number of hydrogen-bond acceptors (Lipinski definition) is 5. The molecule has 1 aliphatic rings. The summed E-state index contributed by atoms with van der Waals surface area (Å²) < 4.78 is 12.3. The van der Waals surface area contributed by atoms with Gasteiger partial charge >= 0.3 is 0 Å².